The molecule has 155 valence electrons. The molecule has 32 heavy (non-hydrogen) atoms. The molecule has 0 saturated heterocycles. The normalized spacial score (nSPS) is 14.7. The van der Waals surface area contributed by atoms with Gasteiger partial charge in [-0.1, -0.05) is 84.4 Å². The van der Waals surface area contributed by atoms with Gasteiger partial charge in [0.15, 0.2) is 0 Å². The Kier molecular flexibility index (Phi) is 7.66. The number of hydrogen-bond acceptors (Lipinski definition) is 0. The smallest absolute Gasteiger partial charge is 1.00 e. The first-order chi connectivity index (χ1) is 14.3. The summed E-state index contributed by atoms with van der Waals surface area (Å²) in [5.74, 6) is 0.290. The molecule has 1 unspecified atom stereocenters. The van der Waals surface area contributed by atoms with Crippen LogP contribution >= 0.6 is 0 Å². The topological polar surface area (TPSA) is 0 Å². The first kappa shape index (κ1) is 24.7. The second kappa shape index (κ2) is 9.92. The molecule has 0 N–H and O–H groups in total. The standard InChI is InChI=1S/C29H21.2ClH.Zr/c1-19-17-27-22(20-9-3-2-4-10-20)13-7-15-25(27)29(19)26-16-8-14-24-23-12-6-5-11-21(23)18-28(24)26;;;/h2-15,17,29H,18H2,1H3;2*1H;/q-1;;;+3/p-2. The third-order valence-electron chi connectivity index (χ3n) is 6.47. The van der Waals surface area contributed by atoms with E-state index in [1.807, 2.05) is 0 Å². The second-order valence-corrected chi connectivity index (χ2v) is 8.11. The molecule has 3 heteroatoms. The van der Waals surface area contributed by atoms with Gasteiger partial charge in [-0.3, -0.25) is 0 Å². The van der Waals surface area contributed by atoms with Gasteiger partial charge in [-0.05, 0) is 46.7 Å². The third kappa shape index (κ3) is 3.86. The Morgan fingerprint density at radius 1 is 0.750 bits per heavy atom. The van der Waals surface area contributed by atoms with Crippen molar-refractivity contribution in [3.8, 4) is 22.3 Å². The van der Waals surface area contributed by atoms with Crippen LogP contribution in [0.25, 0.3) is 28.3 Å². The Hall–Kier alpha value is -1.92. The summed E-state index contributed by atoms with van der Waals surface area (Å²) < 4.78 is 0. The molecular formula is C29H21Cl2Zr. The monoisotopic (exact) mass is 529 g/mol. The second-order valence-electron chi connectivity index (χ2n) is 8.11. The van der Waals surface area contributed by atoms with Crippen molar-refractivity contribution in [2.45, 2.75) is 19.3 Å². The predicted octanol–water partition coefficient (Wildman–Crippen LogP) is 1.28. The van der Waals surface area contributed by atoms with Crippen LogP contribution in [-0.4, -0.2) is 0 Å². The van der Waals surface area contributed by atoms with E-state index >= 15 is 0 Å². The van der Waals surface area contributed by atoms with E-state index in [-0.39, 0.29) is 56.9 Å². The van der Waals surface area contributed by atoms with Crippen LogP contribution in [0, 0.1) is 6.07 Å². The van der Waals surface area contributed by atoms with Crippen LogP contribution in [0.3, 0.4) is 0 Å². The summed E-state index contributed by atoms with van der Waals surface area (Å²) in [5.41, 5.74) is 13.8. The molecule has 0 spiro atoms. The van der Waals surface area contributed by atoms with Crippen LogP contribution in [-0.2, 0) is 32.6 Å². The quantitative estimate of drug-likeness (QED) is 0.301. The summed E-state index contributed by atoms with van der Waals surface area (Å²) in [6.07, 6.45) is 3.40. The summed E-state index contributed by atoms with van der Waals surface area (Å²) in [5, 5.41) is 0. The summed E-state index contributed by atoms with van der Waals surface area (Å²) >= 11 is 0. The Labute approximate surface area is 221 Å². The SMILES string of the molecule is CC1=Cc2c(-c3ccccc3)cccc2C1c1[c-]ccc2c1Cc1ccccc1-2.[Cl-].[Cl-].[Zr+3]. The van der Waals surface area contributed by atoms with Crippen LogP contribution in [0.5, 0.6) is 0 Å². The minimum atomic E-state index is 0. The molecule has 2 aliphatic carbocycles. The number of halogens is 2. The molecule has 0 fully saturated rings. The molecule has 6 rings (SSSR count). The van der Waals surface area contributed by atoms with E-state index in [4.69, 9.17) is 0 Å². The minimum Gasteiger partial charge on any atom is -1.00 e. The minimum absolute atomic E-state index is 0. The van der Waals surface area contributed by atoms with Crippen molar-refractivity contribution in [1.29, 1.82) is 0 Å². The molecule has 1 radical (unpaired) electrons. The molecule has 2 aliphatic rings. The maximum atomic E-state index is 3.64. The maximum absolute atomic E-state index is 3.64. The van der Waals surface area contributed by atoms with Crippen molar-refractivity contribution in [2.75, 3.05) is 0 Å². The fraction of sp³-hybridized carbons (Fsp3) is 0.103. The molecule has 0 nitrogen and oxygen atoms in total. The van der Waals surface area contributed by atoms with Crippen molar-refractivity contribution in [3.63, 3.8) is 0 Å². The van der Waals surface area contributed by atoms with E-state index in [0.717, 1.165) is 6.42 Å². The van der Waals surface area contributed by atoms with Crippen LogP contribution in [0.1, 0.15) is 40.7 Å². The van der Waals surface area contributed by atoms with Gasteiger partial charge in [0.05, 0.1) is 0 Å². The molecule has 0 saturated carbocycles. The molecule has 0 aliphatic heterocycles. The van der Waals surface area contributed by atoms with E-state index < -0.39 is 0 Å². The summed E-state index contributed by atoms with van der Waals surface area (Å²) in [6, 6.07) is 34.3. The van der Waals surface area contributed by atoms with Crippen LogP contribution in [0.2, 0.25) is 0 Å². The average molecular weight is 532 g/mol. The van der Waals surface area contributed by atoms with Gasteiger partial charge in [0.25, 0.3) is 0 Å². The first-order valence-electron chi connectivity index (χ1n) is 10.3. The summed E-state index contributed by atoms with van der Waals surface area (Å²) in [4.78, 5) is 0. The predicted molar refractivity (Wildman–Crippen MR) is 121 cm³/mol. The van der Waals surface area contributed by atoms with Crippen molar-refractivity contribution < 1.29 is 51.0 Å². The number of rotatable bonds is 2. The van der Waals surface area contributed by atoms with Gasteiger partial charge in [0.1, 0.15) is 0 Å². The molecular weight excluding hydrogens is 510 g/mol. The van der Waals surface area contributed by atoms with E-state index in [0.29, 0.717) is 0 Å². The van der Waals surface area contributed by atoms with Gasteiger partial charge in [-0.2, -0.15) is 18.2 Å². The molecule has 4 aromatic rings. The molecule has 0 bridgehead atoms. The summed E-state index contributed by atoms with van der Waals surface area (Å²) in [6.45, 7) is 2.27. The summed E-state index contributed by atoms with van der Waals surface area (Å²) in [7, 11) is 0. The fourth-order valence-corrected chi connectivity index (χ4v) is 5.18. The zero-order valence-electron chi connectivity index (χ0n) is 17.7. The van der Waals surface area contributed by atoms with E-state index in [1.165, 1.54) is 55.6 Å². The molecule has 0 heterocycles. The molecule has 0 amide bonds. The number of hydrogen-bond donors (Lipinski definition) is 0. The van der Waals surface area contributed by atoms with Gasteiger partial charge < -0.3 is 24.8 Å². The Morgan fingerprint density at radius 2 is 1.47 bits per heavy atom. The Bertz CT molecular complexity index is 1290. The van der Waals surface area contributed by atoms with Crippen molar-refractivity contribution in [3.05, 3.63) is 124 Å². The van der Waals surface area contributed by atoms with Crippen molar-refractivity contribution in [1.82, 2.24) is 0 Å². The Balaban J connectivity index is 0.000000963. The van der Waals surface area contributed by atoms with Crippen LogP contribution in [0.4, 0.5) is 0 Å². The average Bonchev–Trinajstić information content (AvgIpc) is 3.31. The van der Waals surface area contributed by atoms with Crippen molar-refractivity contribution >= 4 is 6.08 Å². The van der Waals surface area contributed by atoms with Gasteiger partial charge in [-0.15, -0.1) is 16.7 Å². The number of fused-ring (bicyclic) bond motifs is 4. The number of allylic oxidation sites excluding steroid dienone is 1. The van der Waals surface area contributed by atoms with E-state index in [2.05, 4.69) is 104 Å². The zero-order chi connectivity index (χ0) is 19.4. The first-order valence-corrected chi connectivity index (χ1v) is 10.3. The van der Waals surface area contributed by atoms with Gasteiger partial charge in [0, 0.05) is 5.92 Å². The van der Waals surface area contributed by atoms with E-state index in [1.54, 1.807) is 0 Å². The molecule has 1 atom stereocenters. The van der Waals surface area contributed by atoms with Crippen molar-refractivity contribution in [2.24, 2.45) is 0 Å². The van der Waals surface area contributed by atoms with E-state index in [9.17, 15) is 0 Å². The fourth-order valence-electron chi connectivity index (χ4n) is 5.18. The molecule has 0 aromatic heterocycles. The van der Waals surface area contributed by atoms with Gasteiger partial charge >= 0.3 is 26.2 Å². The number of benzene rings is 4. The van der Waals surface area contributed by atoms with Gasteiger partial charge in [0.2, 0.25) is 0 Å². The van der Waals surface area contributed by atoms with Gasteiger partial charge in [-0.25, -0.2) is 0 Å². The Morgan fingerprint density at radius 3 is 2.28 bits per heavy atom. The van der Waals surface area contributed by atoms with Crippen LogP contribution < -0.4 is 24.8 Å². The maximum Gasteiger partial charge on any atom is 3.00 e. The largest absolute Gasteiger partial charge is 3.00 e. The van der Waals surface area contributed by atoms with Crippen LogP contribution in [0.15, 0.2) is 90.5 Å². The third-order valence-corrected chi connectivity index (χ3v) is 6.47. The molecule has 4 aromatic carbocycles. The zero-order valence-corrected chi connectivity index (χ0v) is 21.7.